The molecule has 0 radical (unpaired) electrons. The molecule has 9 heteroatoms. The molecular formula is C16H15N3O5S. The van der Waals surface area contributed by atoms with Crippen molar-refractivity contribution in [1.82, 2.24) is 4.98 Å². The summed E-state index contributed by atoms with van der Waals surface area (Å²) in [5, 5.41) is 4.88. The van der Waals surface area contributed by atoms with Crippen LogP contribution in [0.3, 0.4) is 0 Å². The number of nitrogens with zero attached hydrogens (tertiary/aromatic N) is 2. The monoisotopic (exact) mass is 361 g/mol. The standard InChI is InChI=1S/C16H15N3O5S/c1-23-7-14-18-11(9-25-14)16(22)24-8-15(21)19-6-13(20)17-10-4-2-3-5-12(10)19/h2-5,9H,6-8H2,1H3,(H,17,20). The van der Waals surface area contributed by atoms with Crippen LogP contribution in [0.5, 0.6) is 0 Å². The smallest absolute Gasteiger partial charge is 0.358 e. The molecule has 0 bridgehead atoms. The first-order valence-corrected chi connectivity index (χ1v) is 8.26. The Morgan fingerprint density at radius 1 is 1.36 bits per heavy atom. The maximum atomic E-state index is 12.4. The van der Waals surface area contributed by atoms with Crippen LogP contribution in [0.15, 0.2) is 29.6 Å². The van der Waals surface area contributed by atoms with E-state index in [0.29, 0.717) is 23.0 Å². The van der Waals surface area contributed by atoms with E-state index in [9.17, 15) is 14.4 Å². The highest BCUT2D eigenvalue weighted by atomic mass is 32.1. The quantitative estimate of drug-likeness (QED) is 0.809. The van der Waals surface area contributed by atoms with Crippen molar-refractivity contribution in [1.29, 1.82) is 0 Å². The number of ether oxygens (including phenoxy) is 2. The number of anilines is 2. The molecule has 0 fully saturated rings. The predicted molar refractivity (Wildman–Crippen MR) is 90.5 cm³/mol. The lowest BCUT2D eigenvalue weighted by Gasteiger charge is -2.28. The van der Waals surface area contributed by atoms with Crippen molar-refractivity contribution in [3.63, 3.8) is 0 Å². The van der Waals surface area contributed by atoms with Crippen LogP contribution >= 0.6 is 11.3 Å². The van der Waals surface area contributed by atoms with Gasteiger partial charge in [0.15, 0.2) is 12.3 Å². The highest BCUT2D eigenvalue weighted by molar-refractivity contribution is 7.09. The van der Waals surface area contributed by atoms with Gasteiger partial charge in [-0.3, -0.25) is 14.5 Å². The zero-order valence-electron chi connectivity index (χ0n) is 13.4. The van der Waals surface area contributed by atoms with Crippen molar-refractivity contribution in [3.05, 3.63) is 40.3 Å². The Labute approximate surface area is 147 Å². The number of hydrogen-bond donors (Lipinski definition) is 1. The number of nitrogens with one attached hydrogen (secondary N) is 1. The Kier molecular flexibility index (Phi) is 5.05. The molecule has 3 rings (SSSR count). The van der Waals surface area contributed by atoms with Crippen molar-refractivity contribution >= 4 is 40.5 Å². The minimum atomic E-state index is -0.693. The lowest BCUT2D eigenvalue weighted by Crippen LogP contribution is -2.44. The van der Waals surface area contributed by atoms with Gasteiger partial charge in [-0.25, -0.2) is 9.78 Å². The fourth-order valence-corrected chi connectivity index (χ4v) is 3.06. The number of esters is 1. The number of para-hydroxylation sites is 2. The number of rotatable bonds is 5. The molecule has 2 aromatic rings. The van der Waals surface area contributed by atoms with Crippen molar-refractivity contribution in [3.8, 4) is 0 Å². The Morgan fingerprint density at radius 2 is 2.16 bits per heavy atom. The highest BCUT2D eigenvalue weighted by Gasteiger charge is 2.27. The van der Waals surface area contributed by atoms with Gasteiger partial charge in [-0.05, 0) is 12.1 Å². The van der Waals surface area contributed by atoms with Crippen LogP contribution in [0, 0.1) is 0 Å². The summed E-state index contributed by atoms with van der Waals surface area (Å²) in [4.78, 5) is 41.5. The van der Waals surface area contributed by atoms with E-state index in [0.717, 1.165) is 0 Å². The first-order chi connectivity index (χ1) is 12.1. The van der Waals surface area contributed by atoms with E-state index in [1.807, 2.05) is 0 Å². The Morgan fingerprint density at radius 3 is 2.96 bits per heavy atom. The molecule has 8 nitrogen and oxygen atoms in total. The van der Waals surface area contributed by atoms with Gasteiger partial charge in [-0.2, -0.15) is 0 Å². The van der Waals surface area contributed by atoms with Gasteiger partial charge < -0.3 is 14.8 Å². The molecule has 0 unspecified atom stereocenters. The predicted octanol–water partition coefficient (Wildman–Crippen LogP) is 1.43. The van der Waals surface area contributed by atoms with Crippen molar-refractivity contribution in [2.75, 3.05) is 30.5 Å². The van der Waals surface area contributed by atoms with Gasteiger partial charge in [-0.1, -0.05) is 12.1 Å². The molecule has 0 aliphatic carbocycles. The van der Waals surface area contributed by atoms with E-state index in [-0.39, 0.29) is 18.1 Å². The van der Waals surface area contributed by atoms with E-state index >= 15 is 0 Å². The summed E-state index contributed by atoms with van der Waals surface area (Å²) < 4.78 is 9.97. The normalized spacial score (nSPS) is 13.2. The van der Waals surface area contributed by atoms with Crippen LogP contribution in [0.4, 0.5) is 11.4 Å². The minimum absolute atomic E-state index is 0.123. The molecule has 1 aromatic carbocycles. The van der Waals surface area contributed by atoms with Crippen LogP contribution in [0.1, 0.15) is 15.5 Å². The molecule has 130 valence electrons. The molecule has 2 amide bonds. The number of methoxy groups -OCH3 is 1. The molecule has 1 N–H and O–H groups in total. The van der Waals surface area contributed by atoms with Crippen molar-refractivity contribution in [2.45, 2.75) is 6.61 Å². The van der Waals surface area contributed by atoms with Gasteiger partial charge in [0.1, 0.15) is 11.6 Å². The van der Waals surface area contributed by atoms with Crippen molar-refractivity contribution < 1.29 is 23.9 Å². The lowest BCUT2D eigenvalue weighted by atomic mass is 10.2. The van der Waals surface area contributed by atoms with Crippen LogP contribution in [0.25, 0.3) is 0 Å². The van der Waals surface area contributed by atoms with E-state index in [1.54, 1.807) is 29.6 Å². The second-order valence-corrected chi connectivity index (χ2v) is 6.12. The number of carbonyl (C=O) groups excluding carboxylic acids is 3. The van der Waals surface area contributed by atoms with Gasteiger partial charge in [-0.15, -0.1) is 11.3 Å². The van der Waals surface area contributed by atoms with E-state index in [4.69, 9.17) is 9.47 Å². The Bertz CT molecular complexity index is 820. The fraction of sp³-hybridized carbons (Fsp3) is 0.250. The molecule has 1 aromatic heterocycles. The molecule has 2 heterocycles. The highest BCUT2D eigenvalue weighted by Crippen LogP contribution is 2.28. The van der Waals surface area contributed by atoms with E-state index in [1.165, 1.54) is 23.3 Å². The second kappa shape index (κ2) is 7.41. The first kappa shape index (κ1) is 17.1. The summed E-state index contributed by atoms with van der Waals surface area (Å²) in [5.74, 6) is -1.48. The lowest BCUT2D eigenvalue weighted by molar-refractivity contribution is -0.124. The number of amides is 2. The summed E-state index contributed by atoms with van der Waals surface area (Å²) in [6, 6.07) is 6.93. The molecule has 0 atom stereocenters. The molecule has 25 heavy (non-hydrogen) atoms. The van der Waals surface area contributed by atoms with Gasteiger partial charge >= 0.3 is 5.97 Å². The number of carbonyl (C=O) groups is 3. The zero-order valence-corrected chi connectivity index (χ0v) is 14.2. The summed E-state index contributed by atoms with van der Waals surface area (Å²) in [5.41, 5.74) is 1.24. The summed E-state index contributed by atoms with van der Waals surface area (Å²) in [7, 11) is 1.53. The van der Waals surface area contributed by atoms with Crippen LogP contribution < -0.4 is 10.2 Å². The van der Waals surface area contributed by atoms with Crippen LogP contribution in [0.2, 0.25) is 0 Å². The maximum Gasteiger partial charge on any atom is 0.358 e. The number of aromatic nitrogens is 1. The van der Waals surface area contributed by atoms with Crippen LogP contribution in [-0.4, -0.2) is 43.0 Å². The summed E-state index contributed by atoms with van der Waals surface area (Å²) in [6.07, 6.45) is 0. The second-order valence-electron chi connectivity index (χ2n) is 5.18. The number of hydrogen-bond acceptors (Lipinski definition) is 7. The average Bonchev–Trinajstić information content (AvgIpc) is 3.07. The minimum Gasteiger partial charge on any atom is -0.451 e. The number of fused-ring (bicyclic) bond motifs is 1. The van der Waals surface area contributed by atoms with Gasteiger partial charge in [0.25, 0.3) is 5.91 Å². The maximum absolute atomic E-state index is 12.4. The Balaban J connectivity index is 1.64. The molecule has 1 aliphatic rings. The third-order valence-corrected chi connectivity index (χ3v) is 4.25. The molecular weight excluding hydrogens is 346 g/mol. The summed E-state index contributed by atoms with van der Waals surface area (Å²) in [6.45, 7) is -0.295. The largest absolute Gasteiger partial charge is 0.451 e. The molecule has 1 aliphatic heterocycles. The summed E-state index contributed by atoms with van der Waals surface area (Å²) >= 11 is 1.27. The van der Waals surface area contributed by atoms with Gasteiger partial charge in [0.05, 0.1) is 18.0 Å². The average molecular weight is 361 g/mol. The van der Waals surface area contributed by atoms with E-state index < -0.39 is 18.5 Å². The molecule has 0 spiro atoms. The topological polar surface area (TPSA) is 97.8 Å². The number of benzene rings is 1. The SMILES string of the molecule is COCc1nc(C(=O)OCC(=O)N2CC(=O)Nc3ccccc32)cs1. The van der Waals surface area contributed by atoms with Gasteiger partial charge in [0, 0.05) is 12.5 Å². The number of thiazole rings is 1. The third-order valence-electron chi connectivity index (χ3n) is 3.43. The zero-order chi connectivity index (χ0) is 17.8. The third kappa shape index (κ3) is 3.83. The van der Waals surface area contributed by atoms with Gasteiger partial charge in [0.2, 0.25) is 5.91 Å². The Hall–Kier alpha value is -2.78. The van der Waals surface area contributed by atoms with Crippen molar-refractivity contribution in [2.24, 2.45) is 0 Å². The first-order valence-electron chi connectivity index (χ1n) is 7.38. The molecule has 0 saturated carbocycles. The van der Waals surface area contributed by atoms with Crippen LogP contribution in [-0.2, 0) is 25.7 Å². The van der Waals surface area contributed by atoms with E-state index in [2.05, 4.69) is 10.3 Å². The molecule has 0 saturated heterocycles. The fourth-order valence-electron chi connectivity index (χ4n) is 2.33.